The van der Waals surface area contributed by atoms with Crippen molar-refractivity contribution in [3.05, 3.63) is 149 Å². The molecule has 1 aromatic heterocycles. The van der Waals surface area contributed by atoms with Crippen LogP contribution in [-0.2, 0) is 17.3 Å². The Morgan fingerprint density at radius 2 is 1.27 bits per heavy atom. The van der Waals surface area contributed by atoms with Crippen LogP contribution < -0.4 is 4.90 Å². The van der Waals surface area contributed by atoms with Crippen LogP contribution >= 0.6 is 0 Å². The van der Waals surface area contributed by atoms with E-state index in [1.165, 1.54) is 78.3 Å². The maximum atomic E-state index is 2.56. The van der Waals surface area contributed by atoms with Gasteiger partial charge in [-0.2, -0.15) is 0 Å². The van der Waals surface area contributed by atoms with Crippen LogP contribution in [0.25, 0.3) is 33.8 Å². The smallest absolute Gasteiger partial charge is 0.0544 e. The van der Waals surface area contributed by atoms with Crippen molar-refractivity contribution in [3.8, 4) is 16.8 Å². The lowest BCUT2D eigenvalue weighted by Crippen LogP contribution is -2.38. The summed E-state index contributed by atoms with van der Waals surface area (Å²) in [5, 5.41) is 1.37. The Labute approximate surface area is 259 Å². The standard InChI is InChI=1S/C42H36N2/c1-41(2)32-18-10-13-21-38(32)44-39-23-22-29(43-36-19-11-8-16-30(36)31-17-9-12-20-37(31)43)26-33(39)42(3,4)35-25-28(24-34(41)40(35)44)27-14-6-5-7-15-27/h5-8,10-16,18-26H,9,17H2,1-4H3. The highest BCUT2D eigenvalue weighted by Gasteiger charge is 2.45. The predicted octanol–water partition coefficient (Wildman–Crippen LogP) is 11.0. The zero-order valence-corrected chi connectivity index (χ0v) is 25.9. The lowest BCUT2D eigenvalue weighted by molar-refractivity contribution is 0.597. The molecule has 5 aromatic carbocycles. The Kier molecular flexibility index (Phi) is 5.17. The first-order chi connectivity index (χ1) is 21.4. The van der Waals surface area contributed by atoms with Crippen LogP contribution in [0.15, 0.2) is 115 Å². The van der Waals surface area contributed by atoms with Gasteiger partial charge in [-0.1, -0.05) is 101 Å². The van der Waals surface area contributed by atoms with E-state index in [9.17, 15) is 0 Å². The highest BCUT2D eigenvalue weighted by atomic mass is 15.2. The SMILES string of the molecule is CC1(C)c2ccccc2N2c3ccc(-n4c5c(c6ccccc64)CCC=C5)cc3C(C)(C)c3cc(-c4ccccc4)cc1c32. The van der Waals surface area contributed by atoms with Crippen molar-refractivity contribution in [2.45, 2.75) is 51.4 Å². The van der Waals surface area contributed by atoms with Crippen molar-refractivity contribution < 1.29 is 0 Å². The Balaban J connectivity index is 1.35. The Morgan fingerprint density at radius 3 is 2.09 bits per heavy atom. The number of nitrogens with zero attached hydrogens (tertiary/aromatic N) is 2. The van der Waals surface area contributed by atoms with E-state index in [0.29, 0.717) is 0 Å². The Bertz CT molecular complexity index is 2170. The van der Waals surface area contributed by atoms with Gasteiger partial charge in [-0.05, 0) is 100 Å². The Morgan fingerprint density at radius 1 is 0.591 bits per heavy atom. The van der Waals surface area contributed by atoms with E-state index in [0.717, 1.165) is 12.8 Å². The fourth-order valence-corrected chi connectivity index (χ4v) is 8.31. The molecule has 44 heavy (non-hydrogen) atoms. The van der Waals surface area contributed by atoms with Gasteiger partial charge in [-0.25, -0.2) is 0 Å². The predicted molar refractivity (Wildman–Crippen MR) is 185 cm³/mol. The number of aryl methyl sites for hydroxylation is 1. The molecule has 0 fully saturated rings. The first-order valence-corrected chi connectivity index (χ1v) is 15.9. The van der Waals surface area contributed by atoms with Gasteiger partial charge in [0.2, 0.25) is 0 Å². The molecule has 0 radical (unpaired) electrons. The second kappa shape index (κ2) is 8.86. The normalized spacial score (nSPS) is 16.7. The molecule has 0 N–H and O–H groups in total. The highest BCUT2D eigenvalue weighted by molar-refractivity contribution is 5.95. The van der Waals surface area contributed by atoms with E-state index in [-0.39, 0.29) is 10.8 Å². The number of aromatic nitrogens is 1. The summed E-state index contributed by atoms with van der Waals surface area (Å²) in [6.07, 6.45) is 6.86. The monoisotopic (exact) mass is 568 g/mol. The van der Waals surface area contributed by atoms with Crippen LogP contribution in [0.5, 0.6) is 0 Å². The molecule has 2 heteroatoms. The molecule has 1 aliphatic carbocycles. The largest absolute Gasteiger partial charge is 0.310 e. The molecular formula is C42H36N2. The molecule has 3 heterocycles. The molecule has 3 aliphatic rings. The molecule has 2 nitrogen and oxygen atoms in total. The number of hydrogen-bond donors (Lipinski definition) is 0. The number of allylic oxidation sites excluding steroid dienone is 1. The molecule has 0 saturated heterocycles. The summed E-state index contributed by atoms with van der Waals surface area (Å²) in [6.45, 7) is 9.64. The zero-order valence-electron chi connectivity index (χ0n) is 25.9. The zero-order chi connectivity index (χ0) is 29.8. The summed E-state index contributed by atoms with van der Waals surface area (Å²) in [5.74, 6) is 0. The first-order valence-electron chi connectivity index (χ1n) is 15.9. The van der Waals surface area contributed by atoms with E-state index < -0.39 is 0 Å². The maximum absolute atomic E-state index is 2.56. The third-order valence-electron chi connectivity index (χ3n) is 10.6. The van der Waals surface area contributed by atoms with Crippen LogP contribution in [-0.4, -0.2) is 4.57 Å². The number of hydrogen-bond acceptors (Lipinski definition) is 1. The molecule has 0 amide bonds. The minimum atomic E-state index is -0.210. The maximum Gasteiger partial charge on any atom is 0.0544 e. The summed E-state index contributed by atoms with van der Waals surface area (Å²) in [4.78, 5) is 2.56. The molecule has 6 aromatic rings. The number of para-hydroxylation sites is 2. The molecule has 0 saturated carbocycles. The van der Waals surface area contributed by atoms with Gasteiger partial charge in [0.1, 0.15) is 0 Å². The molecule has 0 unspecified atom stereocenters. The topological polar surface area (TPSA) is 8.17 Å². The van der Waals surface area contributed by atoms with Gasteiger partial charge in [0.25, 0.3) is 0 Å². The van der Waals surface area contributed by atoms with Gasteiger partial charge in [0.05, 0.1) is 22.6 Å². The number of fused-ring (bicyclic) bond motifs is 7. The van der Waals surface area contributed by atoms with Gasteiger partial charge < -0.3 is 9.47 Å². The summed E-state index contributed by atoms with van der Waals surface area (Å²) < 4.78 is 2.49. The van der Waals surface area contributed by atoms with Gasteiger partial charge in [0, 0.05) is 27.6 Å². The fourth-order valence-electron chi connectivity index (χ4n) is 8.31. The van der Waals surface area contributed by atoms with Crippen molar-refractivity contribution in [2.24, 2.45) is 0 Å². The van der Waals surface area contributed by atoms with Crippen LogP contribution in [0.1, 0.15) is 67.6 Å². The molecular weight excluding hydrogens is 532 g/mol. The van der Waals surface area contributed by atoms with Gasteiger partial charge in [-0.15, -0.1) is 0 Å². The van der Waals surface area contributed by atoms with Crippen molar-refractivity contribution in [3.63, 3.8) is 0 Å². The lowest BCUT2D eigenvalue weighted by atomic mass is 9.65. The van der Waals surface area contributed by atoms with E-state index in [4.69, 9.17) is 0 Å². The van der Waals surface area contributed by atoms with Gasteiger partial charge >= 0.3 is 0 Å². The van der Waals surface area contributed by atoms with Gasteiger partial charge in [0.15, 0.2) is 0 Å². The van der Waals surface area contributed by atoms with E-state index in [1.807, 2.05) is 0 Å². The summed E-state index contributed by atoms with van der Waals surface area (Å²) in [6, 6.07) is 41.0. The second-order valence-corrected chi connectivity index (χ2v) is 13.7. The van der Waals surface area contributed by atoms with Crippen LogP contribution in [0, 0.1) is 0 Å². The minimum Gasteiger partial charge on any atom is -0.310 e. The number of rotatable bonds is 2. The number of benzene rings is 5. The third kappa shape index (κ3) is 3.31. The average molecular weight is 569 g/mol. The highest BCUT2D eigenvalue weighted by Crippen LogP contribution is 2.61. The quantitative estimate of drug-likeness (QED) is 0.202. The third-order valence-corrected chi connectivity index (χ3v) is 10.6. The summed E-state index contributed by atoms with van der Waals surface area (Å²) in [7, 11) is 0. The van der Waals surface area contributed by atoms with Crippen molar-refractivity contribution in [1.29, 1.82) is 0 Å². The summed E-state index contributed by atoms with van der Waals surface area (Å²) >= 11 is 0. The van der Waals surface area contributed by atoms with Crippen molar-refractivity contribution in [2.75, 3.05) is 4.90 Å². The van der Waals surface area contributed by atoms with Gasteiger partial charge in [-0.3, -0.25) is 0 Å². The molecule has 214 valence electrons. The number of anilines is 3. The van der Waals surface area contributed by atoms with Crippen molar-refractivity contribution in [1.82, 2.24) is 4.57 Å². The van der Waals surface area contributed by atoms with Crippen LogP contribution in [0.3, 0.4) is 0 Å². The molecule has 2 aliphatic heterocycles. The summed E-state index contributed by atoms with van der Waals surface area (Å²) in [5.41, 5.74) is 17.0. The van der Waals surface area contributed by atoms with E-state index >= 15 is 0 Å². The average Bonchev–Trinajstić information content (AvgIpc) is 3.39. The van der Waals surface area contributed by atoms with Crippen LogP contribution in [0.2, 0.25) is 0 Å². The Hall–Kier alpha value is -4.82. The fraction of sp³-hybridized carbons (Fsp3) is 0.190. The van der Waals surface area contributed by atoms with E-state index in [2.05, 4.69) is 159 Å². The molecule has 0 bridgehead atoms. The van der Waals surface area contributed by atoms with E-state index in [1.54, 1.807) is 0 Å². The second-order valence-electron chi connectivity index (χ2n) is 13.7. The lowest BCUT2D eigenvalue weighted by Gasteiger charge is -2.49. The molecule has 0 atom stereocenters. The van der Waals surface area contributed by atoms with Crippen LogP contribution in [0.4, 0.5) is 17.1 Å². The van der Waals surface area contributed by atoms with Crippen molar-refractivity contribution >= 4 is 34.0 Å². The first kappa shape index (κ1) is 25.7. The molecule has 0 spiro atoms. The minimum absolute atomic E-state index is 0.134. The molecule has 9 rings (SSSR count).